The summed E-state index contributed by atoms with van der Waals surface area (Å²) in [6, 6.07) is 9.40. The van der Waals surface area contributed by atoms with Gasteiger partial charge in [0.25, 0.3) is 11.8 Å². The van der Waals surface area contributed by atoms with Crippen molar-refractivity contribution in [1.29, 1.82) is 0 Å². The maximum absolute atomic E-state index is 13.1. The first-order valence-corrected chi connectivity index (χ1v) is 11.2. The summed E-state index contributed by atoms with van der Waals surface area (Å²) in [4.78, 5) is 30.7. The standard InChI is InChI=1S/C25H27N5O4/c1-32-18-8-10-29(11-9-18)23-7-4-17(14-26-23)30-15-21-19(25(30)31)5-6-20(28-21)16-12-22(33-2)24(34-3)27-13-16/h4-7,12-14,18H,8-11,15H2,1-3H3. The lowest BCUT2D eigenvalue weighted by Gasteiger charge is -2.32. The van der Waals surface area contributed by atoms with Crippen LogP contribution in [0.4, 0.5) is 11.5 Å². The quantitative estimate of drug-likeness (QED) is 0.552. The molecular formula is C25H27N5O4. The highest BCUT2D eigenvalue weighted by atomic mass is 16.5. The van der Waals surface area contributed by atoms with Crippen molar-refractivity contribution in [3.05, 3.63) is 54.0 Å². The minimum absolute atomic E-state index is 0.0741. The minimum atomic E-state index is -0.0741. The van der Waals surface area contributed by atoms with Crippen LogP contribution in [0.15, 0.2) is 42.7 Å². The number of nitrogens with zero attached hydrogens (tertiary/aromatic N) is 5. The van der Waals surface area contributed by atoms with Gasteiger partial charge in [0.05, 0.1) is 55.7 Å². The van der Waals surface area contributed by atoms with Gasteiger partial charge < -0.3 is 24.0 Å². The molecule has 5 heterocycles. The summed E-state index contributed by atoms with van der Waals surface area (Å²) in [6.45, 7) is 2.22. The maximum Gasteiger partial charge on any atom is 0.260 e. The van der Waals surface area contributed by atoms with Crippen molar-refractivity contribution in [3.63, 3.8) is 0 Å². The molecule has 0 atom stereocenters. The zero-order valence-electron chi connectivity index (χ0n) is 19.5. The number of methoxy groups -OCH3 is 3. The van der Waals surface area contributed by atoms with E-state index in [1.165, 1.54) is 0 Å². The Balaban J connectivity index is 1.33. The summed E-state index contributed by atoms with van der Waals surface area (Å²) in [5.74, 6) is 1.78. The van der Waals surface area contributed by atoms with Gasteiger partial charge in [-0.1, -0.05) is 0 Å². The van der Waals surface area contributed by atoms with Gasteiger partial charge in [-0.05, 0) is 43.2 Å². The van der Waals surface area contributed by atoms with Gasteiger partial charge >= 0.3 is 0 Å². The second-order valence-electron chi connectivity index (χ2n) is 8.31. The summed E-state index contributed by atoms with van der Waals surface area (Å²) in [6.07, 6.45) is 5.75. The number of hydrogen-bond acceptors (Lipinski definition) is 8. The highest BCUT2D eigenvalue weighted by Gasteiger charge is 2.30. The Bertz CT molecular complexity index is 1190. The number of rotatable bonds is 6. The summed E-state index contributed by atoms with van der Waals surface area (Å²) < 4.78 is 16.0. The molecule has 2 aliphatic heterocycles. The van der Waals surface area contributed by atoms with Crippen LogP contribution in [0.1, 0.15) is 28.9 Å². The monoisotopic (exact) mass is 461 g/mol. The lowest BCUT2D eigenvalue weighted by molar-refractivity contribution is 0.0818. The lowest BCUT2D eigenvalue weighted by atomic mass is 10.1. The third-order valence-corrected chi connectivity index (χ3v) is 6.43. The van der Waals surface area contributed by atoms with E-state index in [1.807, 2.05) is 30.3 Å². The zero-order valence-corrected chi connectivity index (χ0v) is 19.5. The van der Waals surface area contributed by atoms with E-state index in [2.05, 4.69) is 14.9 Å². The molecule has 0 spiro atoms. The number of fused-ring (bicyclic) bond motifs is 1. The van der Waals surface area contributed by atoms with Gasteiger partial charge in [-0.15, -0.1) is 0 Å². The number of carbonyl (C=O) groups is 1. The average molecular weight is 462 g/mol. The predicted molar refractivity (Wildman–Crippen MR) is 128 cm³/mol. The van der Waals surface area contributed by atoms with E-state index in [1.54, 1.807) is 38.6 Å². The molecular weight excluding hydrogens is 434 g/mol. The Kier molecular flexibility index (Phi) is 6.02. The minimum Gasteiger partial charge on any atom is -0.491 e. The van der Waals surface area contributed by atoms with E-state index < -0.39 is 0 Å². The molecule has 0 saturated carbocycles. The van der Waals surface area contributed by atoms with Crippen LogP contribution in [0, 0.1) is 0 Å². The van der Waals surface area contributed by atoms with Crippen LogP contribution >= 0.6 is 0 Å². The van der Waals surface area contributed by atoms with Crippen LogP contribution in [0.2, 0.25) is 0 Å². The van der Waals surface area contributed by atoms with Gasteiger partial charge in [-0.25, -0.2) is 9.97 Å². The van der Waals surface area contributed by atoms with E-state index in [0.29, 0.717) is 29.8 Å². The Labute approximate surface area is 198 Å². The Morgan fingerprint density at radius 2 is 1.79 bits per heavy atom. The van der Waals surface area contributed by atoms with Crippen molar-refractivity contribution >= 4 is 17.4 Å². The molecule has 1 amide bonds. The van der Waals surface area contributed by atoms with Crippen molar-refractivity contribution < 1.29 is 19.0 Å². The van der Waals surface area contributed by atoms with E-state index in [0.717, 1.165) is 54.4 Å². The number of aromatic nitrogens is 3. The molecule has 176 valence electrons. The smallest absolute Gasteiger partial charge is 0.260 e. The second-order valence-corrected chi connectivity index (χ2v) is 8.31. The van der Waals surface area contributed by atoms with Crippen molar-refractivity contribution in [2.45, 2.75) is 25.5 Å². The van der Waals surface area contributed by atoms with Crippen molar-refractivity contribution in [2.24, 2.45) is 0 Å². The van der Waals surface area contributed by atoms with E-state index in [-0.39, 0.29) is 5.91 Å². The van der Waals surface area contributed by atoms with Crippen LogP contribution in [-0.4, -0.2) is 61.4 Å². The number of hydrogen-bond donors (Lipinski definition) is 0. The summed E-state index contributed by atoms with van der Waals surface area (Å²) >= 11 is 0. The van der Waals surface area contributed by atoms with Gasteiger partial charge in [0.2, 0.25) is 0 Å². The molecule has 1 fully saturated rings. The normalized spacial score (nSPS) is 16.0. The molecule has 1 saturated heterocycles. The summed E-state index contributed by atoms with van der Waals surface area (Å²) in [5, 5.41) is 0. The summed E-state index contributed by atoms with van der Waals surface area (Å²) in [7, 11) is 4.88. The van der Waals surface area contributed by atoms with E-state index in [9.17, 15) is 4.79 Å². The molecule has 0 bridgehead atoms. The fourth-order valence-corrected chi connectivity index (χ4v) is 4.47. The Hall–Kier alpha value is -3.72. The number of carbonyl (C=O) groups excluding carboxylic acids is 1. The number of piperidine rings is 1. The topological polar surface area (TPSA) is 89.9 Å². The van der Waals surface area contributed by atoms with Gasteiger partial charge in [-0.3, -0.25) is 9.78 Å². The fraction of sp³-hybridized carbons (Fsp3) is 0.360. The van der Waals surface area contributed by atoms with Gasteiger partial charge in [0.15, 0.2) is 5.75 Å². The van der Waals surface area contributed by atoms with Crippen molar-refractivity contribution in [3.8, 4) is 22.9 Å². The number of anilines is 2. The molecule has 34 heavy (non-hydrogen) atoms. The first kappa shape index (κ1) is 22.1. The van der Waals surface area contributed by atoms with Gasteiger partial charge in [0, 0.05) is 32.0 Å². The third kappa shape index (κ3) is 4.03. The van der Waals surface area contributed by atoms with E-state index in [4.69, 9.17) is 19.2 Å². The molecule has 9 nitrogen and oxygen atoms in total. The molecule has 2 aliphatic rings. The molecule has 0 unspecified atom stereocenters. The lowest BCUT2D eigenvalue weighted by Crippen LogP contribution is -2.37. The summed E-state index contributed by atoms with van der Waals surface area (Å²) in [5.41, 5.74) is 3.59. The molecule has 3 aromatic rings. The first-order chi connectivity index (χ1) is 16.6. The fourth-order valence-electron chi connectivity index (χ4n) is 4.47. The highest BCUT2D eigenvalue weighted by Crippen LogP contribution is 2.32. The van der Waals surface area contributed by atoms with Crippen molar-refractivity contribution in [2.75, 3.05) is 44.2 Å². The van der Waals surface area contributed by atoms with Gasteiger partial charge in [0.1, 0.15) is 5.82 Å². The predicted octanol–water partition coefficient (Wildman–Crippen LogP) is 3.33. The van der Waals surface area contributed by atoms with Gasteiger partial charge in [-0.2, -0.15) is 0 Å². The van der Waals surface area contributed by atoms with Crippen molar-refractivity contribution in [1.82, 2.24) is 15.0 Å². The number of amides is 1. The molecule has 5 rings (SSSR count). The SMILES string of the molecule is COc1cc(-c2ccc3c(n2)CN(c2ccc(N4CCC(OC)CC4)nc2)C3=O)cnc1OC. The number of pyridine rings is 3. The molecule has 0 N–H and O–H groups in total. The zero-order chi connectivity index (χ0) is 23.7. The maximum atomic E-state index is 13.1. The van der Waals surface area contributed by atoms with Crippen LogP contribution in [0.5, 0.6) is 11.6 Å². The van der Waals surface area contributed by atoms with Crippen LogP contribution in [-0.2, 0) is 11.3 Å². The first-order valence-electron chi connectivity index (χ1n) is 11.2. The Morgan fingerprint density at radius 3 is 2.47 bits per heavy atom. The largest absolute Gasteiger partial charge is 0.491 e. The van der Waals surface area contributed by atoms with Crippen LogP contribution < -0.4 is 19.3 Å². The molecule has 0 radical (unpaired) electrons. The van der Waals surface area contributed by atoms with Crippen LogP contribution in [0.25, 0.3) is 11.3 Å². The molecule has 0 aliphatic carbocycles. The third-order valence-electron chi connectivity index (χ3n) is 6.43. The average Bonchev–Trinajstić information content (AvgIpc) is 3.24. The Morgan fingerprint density at radius 1 is 0.971 bits per heavy atom. The number of ether oxygens (including phenoxy) is 3. The van der Waals surface area contributed by atoms with Crippen LogP contribution in [0.3, 0.4) is 0 Å². The second kappa shape index (κ2) is 9.26. The highest BCUT2D eigenvalue weighted by molar-refractivity contribution is 6.09. The molecule has 9 heteroatoms. The molecule has 0 aromatic carbocycles. The molecule has 3 aromatic heterocycles. The van der Waals surface area contributed by atoms with E-state index >= 15 is 0 Å².